The van der Waals surface area contributed by atoms with E-state index in [9.17, 15) is 4.79 Å². The first kappa shape index (κ1) is 19.6. The number of hydrogen-bond acceptors (Lipinski definition) is 4. The second kappa shape index (κ2) is 10.3. The molecule has 0 aliphatic carbocycles. The molecule has 2 aromatic rings. The molecule has 0 aliphatic heterocycles. The van der Waals surface area contributed by atoms with Crippen molar-refractivity contribution in [3.8, 4) is 22.6 Å². The molecule has 0 spiro atoms. The van der Waals surface area contributed by atoms with Crippen molar-refractivity contribution < 1.29 is 19.0 Å². The van der Waals surface area contributed by atoms with Crippen LogP contribution in [0, 0.1) is 5.92 Å². The fourth-order valence-electron chi connectivity index (χ4n) is 2.20. The highest BCUT2D eigenvalue weighted by molar-refractivity contribution is 5.81. The molecule has 138 valence electrons. The van der Waals surface area contributed by atoms with Crippen molar-refractivity contribution in [2.24, 2.45) is 5.92 Å². The van der Waals surface area contributed by atoms with Gasteiger partial charge < -0.3 is 14.2 Å². The van der Waals surface area contributed by atoms with Gasteiger partial charge in [0.15, 0.2) is 0 Å². The van der Waals surface area contributed by atoms with E-state index in [4.69, 9.17) is 14.2 Å². The predicted octanol–water partition coefficient (Wildman–Crippen LogP) is 4.89. The Morgan fingerprint density at radius 3 is 2.00 bits per heavy atom. The first-order valence-electron chi connectivity index (χ1n) is 8.87. The van der Waals surface area contributed by atoms with Crippen LogP contribution in [0.25, 0.3) is 11.1 Å². The summed E-state index contributed by atoms with van der Waals surface area (Å²) >= 11 is 0. The lowest BCUT2D eigenvalue weighted by atomic mass is 10.1. The van der Waals surface area contributed by atoms with Crippen LogP contribution in [-0.2, 0) is 9.53 Å². The van der Waals surface area contributed by atoms with Crippen LogP contribution in [0.5, 0.6) is 11.5 Å². The van der Waals surface area contributed by atoms with E-state index in [2.05, 4.69) is 32.6 Å². The average Bonchev–Trinajstić information content (AvgIpc) is 2.70. The molecule has 2 aromatic carbocycles. The zero-order valence-corrected chi connectivity index (χ0v) is 15.4. The Balaban J connectivity index is 1.85. The summed E-state index contributed by atoms with van der Waals surface area (Å²) in [5.74, 6) is 1.74. The highest BCUT2D eigenvalue weighted by Gasteiger charge is 2.03. The van der Waals surface area contributed by atoms with Gasteiger partial charge in [0, 0.05) is 6.08 Å². The summed E-state index contributed by atoms with van der Waals surface area (Å²) in [6, 6.07) is 15.9. The van der Waals surface area contributed by atoms with Crippen LogP contribution in [0.4, 0.5) is 0 Å². The van der Waals surface area contributed by atoms with Gasteiger partial charge in [-0.05, 0) is 41.3 Å². The van der Waals surface area contributed by atoms with Crippen molar-refractivity contribution in [2.45, 2.75) is 20.3 Å². The third-order valence-corrected chi connectivity index (χ3v) is 4.04. The molecular weight excluding hydrogens is 328 g/mol. The van der Waals surface area contributed by atoms with Gasteiger partial charge in [0.05, 0.1) is 6.61 Å². The maximum absolute atomic E-state index is 10.9. The van der Waals surface area contributed by atoms with Crippen LogP contribution in [0.2, 0.25) is 0 Å². The summed E-state index contributed by atoms with van der Waals surface area (Å²) in [6.07, 6.45) is 2.25. The monoisotopic (exact) mass is 354 g/mol. The minimum atomic E-state index is -0.444. The zero-order valence-electron chi connectivity index (χ0n) is 15.4. The Labute approximate surface area is 155 Å². The van der Waals surface area contributed by atoms with Gasteiger partial charge in [0.1, 0.15) is 24.7 Å². The van der Waals surface area contributed by atoms with E-state index < -0.39 is 5.97 Å². The normalized spacial score (nSPS) is 11.5. The smallest absolute Gasteiger partial charge is 0.330 e. The van der Waals surface area contributed by atoms with E-state index in [-0.39, 0.29) is 6.61 Å². The molecule has 1 atom stereocenters. The van der Waals surface area contributed by atoms with E-state index in [0.717, 1.165) is 41.7 Å². The first-order valence-corrected chi connectivity index (χ1v) is 8.87. The van der Waals surface area contributed by atoms with Crippen molar-refractivity contribution in [3.63, 3.8) is 0 Å². The zero-order chi connectivity index (χ0) is 18.8. The van der Waals surface area contributed by atoms with Gasteiger partial charge in [-0.25, -0.2) is 4.79 Å². The maximum atomic E-state index is 10.9. The standard InChI is InChI=1S/C22H26O4/c1-4-17(3)16-26-21-12-8-19(9-13-21)18-6-10-20(11-7-18)24-14-15-25-22(23)5-2/h5-13,17H,2,4,14-16H2,1,3H3. The van der Waals surface area contributed by atoms with E-state index in [0.29, 0.717) is 12.5 Å². The minimum Gasteiger partial charge on any atom is -0.493 e. The molecule has 0 amide bonds. The number of esters is 1. The van der Waals surface area contributed by atoms with E-state index in [1.807, 2.05) is 36.4 Å². The third kappa shape index (κ3) is 6.28. The van der Waals surface area contributed by atoms with Gasteiger partial charge in [-0.2, -0.15) is 0 Å². The molecule has 0 N–H and O–H groups in total. The molecule has 26 heavy (non-hydrogen) atoms. The molecule has 0 saturated heterocycles. The molecular formula is C22H26O4. The number of ether oxygens (including phenoxy) is 3. The SMILES string of the molecule is C=CC(=O)OCCOc1ccc(-c2ccc(OCC(C)CC)cc2)cc1. The average molecular weight is 354 g/mol. The van der Waals surface area contributed by atoms with Crippen molar-refractivity contribution in [1.29, 1.82) is 0 Å². The number of benzene rings is 2. The Morgan fingerprint density at radius 2 is 1.50 bits per heavy atom. The Kier molecular flexibility index (Phi) is 7.75. The topological polar surface area (TPSA) is 44.8 Å². The molecule has 0 radical (unpaired) electrons. The summed E-state index contributed by atoms with van der Waals surface area (Å²) in [5.41, 5.74) is 2.22. The molecule has 2 rings (SSSR count). The van der Waals surface area contributed by atoms with Gasteiger partial charge in [-0.1, -0.05) is 51.1 Å². The number of carbonyl (C=O) groups excluding carboxylic acids is 1. The van der Waals surface area contributed by atoms with E-state index in [1.165, 1.54) is 0 Å². The molecule has 0 aromatic heterocycles. The van der Waals surface area contributed by atoms with Gasteiger partial charge in [-0.3, -0.25) is 0 Å². The van der Waals surface area contributed by atoms with Crippen LogP contribution < -0.4 is 9.47 Å². The van der Waals surface area contributed by atoms with Crippen LogP contribution >= 0.6 is 0 Å². The van der Waals surface area contributed by atoms with Crippen molar-refractivity contribution in [3.05, 3.63) is 61.2 Å². The Morgan fingerprint density at radius 1 is 0.962 bits per heavy atom. The van der Waals surface area contributed by atoms with Crippen LogP contribution in [0.1, 0.15) is 20.3 Å². The largest absolute Gasteiger partial charge is 0.493 e. The molecule has 0 heterocycles. The van der Waals surface area contributed by atoms with Gasteiger partial charge in [0.25, 0.3) is 0 Å². The fourth-order valence-corrected chi connectivity index (χ4v) is 2.20. The van der Waals surface area contributed by atoms with Crippen LogP contribution in [0.3, 0.4) is 0 Å². The summed E-state index contributed by atoms with van der Waals surface area (Å²) in [5, 5.41) is 0. The Hall–Kier alpha value is -2.75. The van der Waals surface area contributed by atoms with Crippen LogP contribution in [0.15, 0.2) is 61.2 Å². The molecule has 0 bridgehead atoms. The summed E-state index contributed by atoms with van der Waals surface area (Å²) < 4.78 is 16.2. The molecule has 1 unspecified atom stereocenters. The Bertz CT molecular complexity index is 689. The maximum Gasteiger partial charge on any atom is 0.330 e. The quantitative estimate of drug-likeness (QED) is 0.346. The summed E-state index contributed by atoms with van der Waals surface area (Å²) in [7, 11) is 0. The summed E-state index contributed by atoms with van der Waals surface area (Å²) in [6.45, 7) is 8.93. The molecule has 0 fully saturated rings. The fraction of sp³-hybridized carbons (Fsp3) is 0.318. The van der Waals surface area contributed by atoms with Gasteiger partial charge >= 0.3 is 5.97 Å². The predicted molar refractivity (Wildman–Crippen MR) is 103 cm³/mol. The number of rotatable bonds is 10. The number of hydrogen-bond donors (Lipinski definition) is 0. The van der Waals surface area contributed by atoms with Gasteiger partial charge in [0.2, 0.25) is 0 Å². The molecule has 4 nitrogen and oxygen atoms in total. The second-order valence-corrected chi connectivity index (χ2v) is 6.09. The highest BCUT2D eigenvalue weighted by Crippen LogP contribution is 2.25. The number of carbonyl (C=O) groups is 1. The second-order valence-electron chi connectivity index (χ2n) is 6.09. The first-order chi connectivity index (χ1) is 12.6. The van der Waals surface area contributed by atoms with Crippen LogP contribution in [-0.4, -0.2) is 25.8 Å². The van der Waals surface area contributed by atoms with E-state index in [1.54, 1.807) is 0 Å². The highest BCUT2D eigenvalue weighted by atomic mass is 16.6. The van der Waals surface area contributed by atoms with Crippen molar-refractivity contribution in [1.82, 2.24) is 0 Å². The lowest BCUT2D eigenvalue weighted by Crippen LogP contribution is -2.10. The van der Waals surface area contributed by atoms with Crippen molar-refractivity contribution in [2.75, 3.05) is 19.8 Å². The minimum absolute atomic E-state index is 0.199. The molecule has 0 aliphatic rings. The lowest BCUT2D eigenvalue weighted by Gasteiger charge is -2.11. The third-order valence-electron chi connectivity index (χ3n) is 4.04. The summed E-state index contributed by atoms with van der Waals surface area (Å²) in [4.78, 5) is 10.9. The molecule has 0 saturated carbocycles. The van der Waals surface area contributed by atoms with Crippen molar-refractivity contribution >= 4 is 5.97 Å². The lowest BCUT2D eigenvalue weighted by molar-refractivity contribution is -0.138. The molecule has 4 heteroatoms. The van der Waals surface area contributed by atoms with Gasteiger partial charge in [-0.15, -0.1) is 0 Å². The van der Waals surface area contributed by atoms with E-state index >= 15 is 0 Å².